The summed E-state index contributed by atoms with van der Waals surface area (Å²) in [6.45, 7) is 10.1. The van der Waals surface area contributed by atoms with E-state index in [4.69, 9.17) is 0 Å². The lowest BCUT2D eigenvalue weighted by Crippen LogP contribution is -2.29. The van der Waals surface area contributed by atoms with Crippen LogP contribution in [0.5, 0.6) is 0 Å². The Labute approximate surface area is 144 Å². The number of Topliss-reactive ketones (excluding diaryl/α,β-unsaturated/α-hetero) is 1. The fourth-order valence-electron chi connectivity index (χ4n) is 3.67. The van der Waals surface area contributed by atoms with Crippen molar-refractivity contribution in [2.45, 2.75) is 59.3 Å². The number of carbonyl (C=O) groups excluding carboxylic acids is 2. The molecule has 0 unspecified atom stereocenters. The molecule has 130 valence electrons. The average molecular weight is 328 g/mol. The molecule has 0 heterocycles. The minimum absolute atomic E-state index is 0.0950. The quantitative estimate of drug-likeness (QED) is 0.424. The highest BCUT2D eigenvalue weighted by molar-refractivity contribution is 6.22. The first-order valence-corrected chi connectivity index (χ1v) is 8.92. The number of hydrogen-bond acceptors (Lipinski definition) is 3. The SMILES string of the molecule is C=C(C)[C@H]1CCC(C)=C[C@H]1C1=C(O)C(=O)C(CCCCC)=CC1=O. The Morgan fingerprint density at radius 1 is 1.33 bits per heavy atom. The molecule has 1 N–H and O–H groups in total. The van der Waals surface area contributed by atoms with Crippen molar-refractivity contribution in [3.05, 3.63) is 46.8 Å². The topological polar surface area (TPSA) is 54.4 Å². The summed E-state index contributed by atoms with van der Waals surface area (Å²) in [5.74, 6) is -1.10. The number of aliphatic hydroxyl groups excluding tert-OH is 1. The van der Waals surface area contributed by atoms with Crippen molar-refractivity contribution in [3.8, 4) is 0 Å². The summed E-state index contributed by atoms with van der Waals surface area (Å²) in [4.78, 5) is 25.2. The molecule has 24 heavy (non-hydrogen) atoms. The van der Waals surface area contributed by atoms with Crippen LogP contribution in [-0.2, 0) is 9.59 Å². The third-order valence-electron chi connectivity index (χ3n) is 5.10. The van der Waals surface area contributed by atoms with E-state index in [0.717, 1.165) is 37.7 Å². The van der Waals surface area contributed by atoms with Gasteiger partial charge in [-0.2, -0.15) is 0 Å². The van der Waals surface area contributed by atoms with E-state index in [2.05, 4.69) is 13.5 Å². The lowest BCUT2D eigenvalue weighted by molar-refractivity contribution is -0.118. The van der Waals surface area contributed by atoms with Gasteiger partial charge in [0.25, 0.3) is 0 Å². The van der Waals surface area contributed by atoms with Gasteiger partial charge in [0.1, 0.15) is 0 Å². The Morgan fingerprint density at radius 3 is 2.67 bits per heavy atom. The van der Waals surface area contributed by atoms with Crippen molar-refractivity contribution in [2.24, 2.45) is 11.8 Å². The first kappa shape index (κ1) is 18.4. The zero-order chi connectivity index (χ0) is 17.9. The first-order valence-electron chi connectivity index (χ1n) is 8.92. The maximum absolute atomic E-state index is 12.7. The molecule has 2 atom stereocenters. The van der Waals surface area contributed by atoms with Crippen LogP contribution in [0, 0.1) is 11.8 Å². The molecule has 0 amide bonds. The van der Waals surface area contributed by atoms with Gasteiger partial charge in [-0.1, -0.05) is 43.6 Å². The number of hydrogen-bond donors (Lipinski definition) is 1. The Hall–Kier alpha value is -1.90. The van der Waals surface area contributed by atoms with Gasteiger partial charge in [0, 0.05) is 11.5 Å². The fraction of sp³-hybridized carbons (Fsp3) is 0.524. The number of ketones is 2. The van der Waals surface area contributed by atoms with Crippen LogP contribution in [-0.4, -0.2) is 16.7 Å². The van der Waals surface area contributed by atoms with Gasteiger partial charge in [-0.15, -0.1) is 0 Å². The van der Waals surface area contributed by atoms with E-state index in [1.807, 2.05) is 19.9 Å². The van der Waals surface area contributed by atoms with Crippen LogP contribution >= 0.6 is 0 Å². The molecule has 3 heteroatoms. The average Bonchev–Trinajstić information content (AvgIpc) is 2.52. The number of unbranched alkanes of at least 4 members (excludes halogenated alkanes) is 2. The summed E-state index contributed by atoms with van der Waals surface area (Å²) in [6, 6.07) is 0. The zero-order valence-electron chi connectivity index (χ0n) is 15.0. The van der Waals surface area contributed by atoms with Crippen molar-refractivity contribution < 1.29 is 14.7 Å². The van der Waals surface area contributed by atoms with Gasteiger partial charge in [-0.3, -0.25) is 9.59 Å². The van der Waals surface area contributed by atoms with E-state index in [1.54, 1.807) is 0 Å². The summed E-state index contributed by atoms with van der Waals surface area (Å²) >= 11 is 0. The largest absolute Gasteiger partial charge is 0.504 e. The zero-order valence-corrected chi connectivity index (χ0v) is 15.0. The Morgan fingerprint density at radius 2 is 2.04 bits per heavy atom. The van der Waals surface area contributed by atoms with Gasteiger partial charge in [-0.05, 0) is 51.5 Å². The van der Waals surface area contributed by atoms with Gasteiger partial charge < -0.3 is 5.11 Å². The Bertz CT molecular complexity index is 646. The number of allylic oxidation sites excluding steroid dienone is 6. The molecule has 0 saturated carbocycles. The number of aliphatic hydroxyl groups is 1. The predicted molar refractivity (Wildman–Crippen MR) is 96.7 cm³/mol. The van der Waals surface area contributed by atoms with E-state index in [9.17, 15) is 14.7 Å². The molecule has 0 bridgehead atoms. The molecule has 0 fully saturated rings. The second kappa shape index (κ2) is 7.78. The molecular weight excluding hydrogens is 300 g/mol. The van der Waals surface area contributed by atoms with Crippen LogP contribution < -0.4 is 0 Å². The van der Waals surface area contributed by atoms with Crippen molar-refractivity contribution in [1.29, 1.82) is 0 Å². The van der Waals surface area contributed by atoms with Gasteiger partial charge >= 0.3 is 0 Å². The molecule has 0 saturated heterocycles. The van der Waals surface area contributed by atoms with Gasteiger partial charge in [0.15, 0.2) is 11.5 Å². The molecule has 0 spiro atoms. The molecule has 2 rings (SSSR count). The molecule has 3 nitrogen and oxygen atoms in total. The van der Waals surface area contributed by atoms with Crippen LogP contribution in [0.2, 0.25) is 0 Å². The highest BCUT2D eigenvalue weighted by atomic mass is 16.3. The van der Waals surface area contributed by atoms with E-state index in [1.165, 1.54) is 11.6 Å². The summed E-state index contributed by atoms with van der Waals surface area (Å²) < 4.78 is 0. The molecule has 2 aliphatic rings. The van der Waals surface area contributed by atoms with Crippen LogP contribution in [0.25, 0.3) is 0 Å². The van der Waals surface area contributed by atoms with Crippen LogP contribution in [0.1, 0.15) is 59.3 Å². The molecule has 0 radical (unpaired) electrons. The molecule has 0 aromatic heterocycles. The minimum Gasteiger partial charge on any atom is -0.504 e. The van der Waals surface area contributed by atoms with E-state index < -0.39 is 0 Å². The first-order chi connectivity index (χ1) is 11.4. The van der Waals surface area contributed by atoms with Crippen LogP contribution in [0.15, 0.2) is 46.8 Å². The monoisotopic (exact) mass is 328 g/mol. The molecule has 0 aliphatic heterocycles. The highest BCUT2D eigenvalue weighted by Crippen LogP contribution is 2.40. The van der Waals surface area contributed by atoms with Crippen LogP contribution in [0.4, 0.5) is 0 Å². The normalized spacial score (nSPS) is 24.8. The lowest BCUT2D eigenvalue weighted by Gasteiger charge is -2.32. The predicted octanol–water partition coefficient (Wildman–Crippen LogP) is 5.01. The van der Waals surface area contributed by atoms with Crippen LogP contribution in [0.3, 0.4) is 0 Å². The molecular formula is C21H28O3. The Kier molecular flexibility index (Phi) is 5.98. The second-order valence-electron chi connectivity index (χ2n) is 7.11. The third-order valence-corrected chi connectivity index (χ3v) is 5.10. The van der Waals surface area contributed by atoms with Crippen molar-refractivity contribution >= 4 is 11.6 Å². The third kappa shape index (κ3) is 3.77. The number of carbonyl (C=O) groups is 2. The molecule has 0 aromatic carbocycles. The summed E-state index contributed by atoms with van der Waals surface area (Å²) in [5, 5.41) is 10.5. The Balaban J connectivity index is 2.33. The van der Waals surface area contributed by atoms with Gasteiger partial charge in [-0.25, -0.2) is 0 Å². The molecule has 2 aliphatic carbocycles. The summed E-state index contributed by atoms with van der Waals surface area (Å²) in [7, 11) is 0. The number of rotatable bonds is 6. The maximum Gasteiger partial charge on any atom is 0.223 e. The van der Waals surface area contributed by atoms with E-state index >= 15 is 0 Å². The van der Waals surface area contributed by atoms with Crippen molar-refractivity contribution in [1.82, 2.24) is 0 Å². The maximum atomic E-state index is 12.7. The second-order valence-corrected chi connectivity index (χ2v) is 7.11. The smallest absolute Gasteiger partial charge is 0.223 e. The van der Waals surface area contributed by atoms with Crippen molar-refractivity contribution in [2.75, 3.05) is 0 Å². The fourth-order valence-corrected chi connectivity index (χ4v) is 3.67. The minimum atomic E-state index is -0.377. The summed E-state index contributed by atoms with van der Waals surface area (Å²) in [5.41, 5.74) is 2.88. The lowest BCUT2D eigenvalue weighted by atomic mass is 9.71. The van der Waals surface area contributed by atoms with Crippen molar-refractivity contribution in [3.63, 3.8) is 0 Å². The van der Waals surface area contributed by atoms with Gasteiger partial charge in [0.2, 0.25) is 5.78 Å². The van der Waals surface area contributed by atoms with E-state index in [-0.39, 0.29) is 34.7 Å². The standard InChI is InChI=1S/C21H28O3/c1-5-6-7-8-15-12-18(22)19(21(24)20(15)23)17-11-14(4)9-10-16(17)13(2)3/h11-12,16-17,24H,2,5-10H2,1,3-4H3/t16-,17-/m1/s1. The highest BCUT2D eigenvalue weighted by Gasteiger charge is 2.37. The van der Waals surface area contributed by atoms with E-state index in [0.29, 0.717) is 12.0 Å². The summed E-state index contributed by atoms with van der Waals surface area (Å²) in [6.07, 6.45) is 8.80. The molecule has 0 aromatic rings. The van der Waals surface area contributed by atoms with Gasteiger partial charge in [0.05, 0.1) is 5.57 Å².